The summed E-state index contributed by atoms with van der Waals surface area (Å²) in [4.78, 5) is 30.4. The zero-order chi connectivity index (χ0) is 25.1. The van der Waals surface area contributed by atoms with Gasteiger partial charge in [-0.2, -0.15) is 0 Å². The first-order valence-electron chi connectivity index (χ1n) is 10.5. The van der Waals surface area contributed by atoms with Gasteiger partial charge in [0.1, 0.15) is 12.4 Å². The van der Waals surface area contributed by atoms with E-state index in [1.54, 1.807) is 19.2 Å². The first kappa shape index (κ1) is 25.5. The van der Waals surface area contributed by atoms with E-state index in [0.717, 1.165) is 24.9 Å². The van der Waals surface area contributed by atoms with Crippen molar-refractivity contribution in [3.63, 3.8) is 0 Å². The van der Waals surface area contributed by atoms with Gasteiger partial charge in [0.15, 0.2) is 5.17 Å². The highest BCUT2D eigenvalue weighted by Gasteiger charge is 2.30. The summed E-state index contributed by atoms with van der Waals surface area (Å²) in [5, 5.41) is 9.57. The second-order valence-electron chi connectivity index (χ2n) is 7.81. The van der Waals surface area contributed by atoms with E-state index in [1.165, 1.54) is 34.4 Å². The molecule has 178 valence electrons. The first-order valence-corrected chi connectivity index (χ1v) is 13.2. The van der Waals surface area contributed by atoms with E-state index in [9.17, 15) is 9.59 Å². The van der Waals surface area contributed by atoms with Gasteiger partial charge in [0.2, 0.25) is 0 Å². The van der Waals surface area contributed by atoms with Crippen molar-refractivity contribution in [3.8, 4) is 5.75 Å². The normalized spacial score (nSPS) is 15.8. The molecule has 0 bridgehead atoms. The number of carbonyl (C=O) groups excluding carboxylic acids is 1. The van der Waals surface area contributed by atoms with Crippen molar-refractivity contribution in [2.45, 2.75) is 13.5 Å². The van der Waals surface area contributed by atoms with Crippen LogP contribution in [0.3, 0.4) is 0 Å². The van der Waals surface area contributed by atoms with Gasteiger partial charge in [0.05, 0.1) is 24.2 Å². The van der Waals surface area contributed by atoms with Gasteiger partial charge in [-0.25, -0.2) is 9.79 Å². The molecule has 1 aliphatic rings. The number of carboxylic acids is 1. The van der Waals surface area contributed by atoms with Crippen LogP contribution >= 0.6 is 50.3 Å². The monoisotopic (exact) mass is 662 g/mol. The molecule has 0 aliphatic carbocycles. The van der Waals surface area contributed by atoms with Crippen molar-refractivity contribution in [1.29, 1.82) is 0 Å². The fraction of sp³-hybridized carbons (Fsp3) is 0.115. The van der Waals surface area contributed by atoms with Gasteiger partial charge in [-0.3, -0.25) is 9.69 Å². The number of halogens is 2. The van der Waals surface area contributed by atoms with Crippen LogP contribution in [0.4, 0.5) is 5.69 Å². The molecule has 1 heterocycles. The number of carboxylic acid groups (broad SMARTS) is 1. The number of aromatic carboxylic acids is 1. The van der Waals surface area contributed by atoms with E-state index >= 15 is 0 Å². The quantitative estimate of drug-likeness (QED) is 0.230. The number of aryl methyl sites for hydroxylation is 1. The molecule has 6 nitrogen and oxygen atoms in total. The minimum absolute atomic E-state index is 0.151. The number of carbonyl (C=O) groups is 2. The smallest absolute Gasteiger partial charge is 0.335 e. The fourth-order valence-electron chi connectivity index (χ4n) is 3.23. The Labute approximate surface area is 229 Å². The number of hydrogen-bond donors (Lipinski definition) is 1. The summed E-state index contributed by atoms with van der Waals surface area (Å²) in [5.41, 5.74) is 3.91. The summed E-state index contributed by atoms with van der Waals surface area (Å²) in [5.74, 6) is -0.394. The van der Waals surface area contributed by atoms with Crippen molar-refractivity contribution < 1.29 is 19.4 Å². The summed E-state index contributed by atoms with van der Waals surface area (Å²) in [6, 6.07) is 18.3. The molecule has 1 N–H and O–H groups in total. The third-order valence-electron chi connectivity index (χ3n) is 5.16. The molecule has 0 unspecified atom stereocenters. The lowest BCUT2D eigenvalue weighted by atomic mass is 10.1. The molecule has 0 spiro atoms. The van der Waals surface area contributed by atoms with Crippen LogP contribution in [-0.2, 0) is 11.4 Å². The second kappa shape index (κ2) is 11.0. The lowest BCUT2D eigenvalue weighted by Gasteiger charge is -2.12. The summed E-state index contributed by atoms with van der Waals surface area (Å²) in [6.45, 7) is 2.51. The number of likely N-dealkylation sites (N-methyl/N-ethyl adjacent to an activating group) is 1. The van der Waals surface area contributed by atoms with E-state index in [-0.39, 0.29) is 11.5 Å². The molecule has 35 heavy (non-hydrogen) atoms. The predicted octanol–water partition coefficient (Wildman–Crippen LogP) is 6.87. The highest BCUT2D eigenvalue weighted by Crippen LogP contribution is 2.37. The fourth-order valence-corrected chi connectivity index (χ4v) is 5.99. The van der Waals surface area contributed by atoms with Crippen LogP contribution in [-0.4, -0.2) is 34.1 Å². The number of amides is 1. The molecule has 1 fully saturated rings. The average Bonchev–Trinajstić information content (AvgIpc) is 3.07. The highest BCUT2D eigenvalue weighted by molar-refractivity contribution is 14.1. The Balaban J connectivity index is 1.52. The summed E-state index contributed by atoms with van der Waals surface area (Å²) < 4.78 is 7.78. The topological polar surface area (TPSA) is 79.2 Å². The molecule has 0 atom stereocenters. The number of nitrogens with zero attached hydrogens (tertiary/aromatic N) is 2. The largest absolute Gasteiger partial charge is 0.487 e. The lowest BCUT2D eigenvalue weighted by molar-refractivity contribution is -0.121. The van der Waals surface area contributed by atoms with Crippen molar-refractivity contribution in [3.05, 3.63) is 95.9 Å². The Kier molecular flexibility index (Phi) is 7.98. The van der Waals surface area contributed by atoms with Crippen LogP contribution < -0.4 is 4.74 Å². The lowest BCUT2D eigenvalue weighted by Crippen LogP contribution is -2.23. The molecule has 1 saturated heterocycles. The van der Waals surface area contributed by atoms with Crippen LogP contribution in [0.25, 0.3) is 6.08 Å². The van der Waals surface area contributed by atoms with E-state index in [4.69, 9.17) is 9.84 Å². The Hall–Kier alpha value is -2.63. The van der Waals surface area contributed by atoms with Crippen LogP contribution in [0.1, 0.15) is 27.0 Å². The maximum atomic E-state index is 12.8. The highest BCUT2D eigenvalue weighted by atomic mass is 127. The van der Waals surface area contributed by atoms with E-state index in [1.807, 2.05) is 30.3 Å². The minimum Gasteiger partial charge on any atom is -0.487 e. The average molecular weight is 663 g/mol. The Morgan fingerprint density at radius 3 is 2.49 bits per heavy atom. The van der Waals surface area contributed by atoms with Crippen molar-refractivity contribution in [2.24, 2.45) is 4.99 Å². The second-order valence-corrected chi connectivity index (χ2v) is 10.8. The molecule has 1 amide bonds. The van der Waals surface area contributed by atoms with Crippen LogP contribution in [0.2, 0.25) is 0 Å². The SMILES string of the molecule is Cc1ccc(COc2c(Br)cc(/C=C3\SC(=Nc4ccc(C(=O)O)cc4)N(C)C3=O)cc2I)cc1. The van der Waals surface area contributed by atoms with E-state index in [0.29, 0.717) is 22.4 Å². The Bertz CT molecular complexity index is 1330. The molecule has 9 heteroatoms. The molecular weight excluding hydrogens is 643 g/mol. The standard InChI is InChI=1S/C26H20BrIN2O4S/c1-15-3-5-16(6-4-15)14-34-23-20(27)11-17(12-21(23)28)13-22-24(31)30(2)26(35-22)29-19-9-7-18(8-10-19)25(32)33/h3-13H,14H2,1-2H3,(H,32,33)/b22-13-,29-26?. The zero-order valence-corrected chi connectivity index (χ0v) is 23.3. The van der Waals surface area contributed by atoms with Crippen LogP contribution in [0.5, 0.6) is 5.75 Å². The van der Waals surface area contributed by atoms with E-state index in [2.05, 4.69) is 62.6 Å². The van der Waals surface area contributed by atoms with Gasteiger partial charge < -0.3 is 9.84 Å². The van der Waals surface area contributed by atoms with Crippen LogP contribution in [0, 0.1) is 10.5 Å². The summed E-state index contributed by atoms with van der Waals surface area (Å²) in [6.07, 6.45) is 1.83. The number of aliphatic imine (C=N–C) groups is 1. The third kappa shape index (κ3) is 6.14. The molecule has 0 aromatic heterocycles. The molecule has 0 saturated carbocycles. The number of thioether (sulfide) groups is 1. The number of hydrogen-bond acceptors (Lipinski definition) is 5. The molecule has 1 aliphatic heterocycles. The number of benzene rings is 3. The maximum absolute atomic E-state index is 12.8. The third-order valence-corrected chi connectivity index (χ3v) is 7.62. The van der Waals surface area contributed by atoms with Crippen molar-refractivity contribution in [2.75, 3.05) is 7.05 Å². The van der Waals surface area contributed by atoms with Crippen LogP contribution in [0.15, 0.2) is 75.0 Å². The van der Waals surface area contributed by atoms with Gasteiger partial charge in [-0.15, -0.1) is 0 Å². The number of amidine groups is 1. The minimum atomic E-state index is -0.996. The Morgan fingerprint density at radius 2 is 1.86 bits per heavy atom. The zero-order valence-electron chi connectivity index (χ0n) is 18.8. The van der Waals surface area contributed by atoms with E-state index < -0.39 is 5.97 Å². The number of ether oxygens (including phenoxy) is 1. The molecule has 4 rings (SSSR count). The number of rotatable bonds is 6. The van der Waals surface area contributed by atoms with Gasteiger partial charge in [0.25, 0.3) is 5.91 Å². The Morgan fingerprint density at radius 1 is 1.17 bits per heavy atom. The van der Waals surface area contributed by atoms with Gasteiger partial charge in [-0.05, 0) is 111 Å². The summed E-state index contributed by atoms with van der Waals surface area (Å²) >= 11 is 7.11. The predicted molar refractivity (Wildman–Crippen MR) is 151 cm³/mol. The molecular formula is C26H20BrIN2O4S. The molecule has 3 aromatic carbocycles. The van der Waals surface area contributed by atoms with Crippen molar-refractivity contribution >= 4 is 79.1 Å². The maximum Gasteiger partial charge on any atom is 0.335 e. The first-order chi connectivity index (χ1) is 16.7. The van der Waals surface area contributed by atoms with Gasteiger partial charge in [0, 0.05) is 7.05 Å². The van der Waals surface area contributed by atoms with Gasteiger partial charge in [-0.1, -0.05) is 29.8 Å². The van der Waals surface area contributed by atoms with Crippen molar-refractivity contribution in [1.82, 2.24) is 4.90 Å². The summed E-state index contributed by atoms with van der Waals surface area (Å²) in [7, 11) is 1.67. The molecule has 3 aromatic rings. The molecule has 0 radical (unpaired) electrons. The van der Waals surface area contributed by atoms with Gasteiger partial charge >= 0.3 is 5.97 Å².